The number of benzene rings is 2. The molecule has 3 rings (SSSR count). The van der Waals surface area contributed by atoms with Crippen LogP contribution in [0.15, 0.2) is 53.0 Å². The topological polar surface area (TPSA) is 18.1 Å². The van der Waals surface area contributed by atoms with Gasteiger partial charge in [-0.25, -0.2) is 0 Å². The van der Waals surface area contributed by atoms with Gasteiger partial charge in [-0.15, -0.1) is 0 Å². The third-order valence-electron chi connectivity index (χ3n) is 4.64. The second-order valence-electron chi connectivity index (χ2n) is 6.33. The van der Waals surface area contributed by atoms with Crippen LogP contribution in [-0.2, 0) is 13.1 Å². The zero-order valence-corrected chi connectivity index (χ0v) is 15.2. The van der Waals surface area contributed by atoms with E-state index in [2.05, 4.69) is 64.5 Å². The summed E-state index contributed by atoms with van der Waals surface area (Å²) in [7, 11) is 1.72. The normalized spacial score (nSPS) is 21.1. The maximum Gasteiger partial charge on any atom is 0.127 e. The van der Waals surface area contributed by atoms with Crippen LogP contribution >= 0.6 is 15.9 Å². The maximum absolute atomic E-state index is 5.22. The molecule has 0 spiro atoms. The van der Waals surface area contributed by atoms with Crippen LogP contribution in [0.3, 0.4) is 0 Å². The third kappa shape index (κ3) is 4.80. The molecule has 0 saturated carbocycles. The van der Waals surface area contributed by atoms with Gasteiger partial charge >= 0.3 is 0 Å². The lowest BCUT2D eigenvalue weighted by Crippen LogP contribution is -3.27. The fourth-order valence-electron chi connectivity index (χ4n) is 3.23. The lowest BCUT2D eigenvalue weighted by atomic mass is 10.1. The minimum absolute atomic E-state index is 0.938. The van der Waals surface area contributed by atoms with E-state index in [0.29, 0.717) is 0 Å². The summed E-state index contributed by atoms with van der Waals surface area (Å²) in [6.07, 6.45) is 0. The molecule has 0 atom stereocenters. The molecule has 23 heavy (non-hydrogen) atoms. The Labute approximate surface area is 147 Å². The molecule has 2 aromatic rings. The van der Waals surface area contributed by atoms with E-state index >= 15 is 0 Å². The van der Waals surface area contributed by atoms with Crippen molar-refractivity contribution >= 4 is 15.9 Å². The molecule has 0 aliphatic carbocycles. The zero-order valence-electron chi connectivity index (χ0n) is 13.6. The van der Waals surface area contributed by atoms with Crippen LogP contribution in [0, 0.1) is 0 Å². The number of piperazine rings is 1. The molecule has 1 aliphatic heterocycles. The second-order valence-corrected chi connectivity index (χ2v) is 7.24. The molecule has 2 N–H and O–H groups in total. The van der Waals surface area contributed by atoms with Crippen LogP contribution in [0.1, 0.15) is 11.1 Å². The number of rotatable bonds is 5. The monoisotopic (exact) mass is 376 g/mol. The van der Waals surface area contributed by atoms with Crippen molar-refractivity contribution in [1.29, 1.82) is 0 Å². The van der Waals surface area contributed by atoms with Crippen LogP contribution in [-0.4, -0.2) is 33.3 Å². The van der Waals surface area contributed by atoms with E-state index < -0.39 is 0 Å². The van der Waals surface area contributed by atoms with Crippen molar-refractivity contribution in [1.82, 2.24) is 0 Å². The highest BCUT2D eigenvalue weighted by atomic mass is 79.9. The van der Waals surface area contributed by atoms with Crippen molar-refractivity contribution in [2.45, 2.75) is 13.1 Å². The molecule has 1 saturated heterocycles. The van der Waals surface area contributed by atoms with Gasteiger partial charge in [-0.3, -0.25) is 0 Å². The first-order valence-electron chi connectivity index (χ1n) is 8.27. The number of ether oxygens (including phenoxy) is 1. The summed E-state index contributed by atoms with van der Waals surface area (Å²) in [5, 5.41) is 0. The SMILES string of the molecule is COc1ccc(C[NH+]2CC[NH+](Cc3ccc(Br)cc3)CC2)cc1. The van der Waals surface area contributed by atoms with E-state index in [0.717, 1.165) is 23.3 Å². The first kappa shape index (κ1) is 16.5. The van der Waals surface area contributed by atoms with Crippen molar-refractivity contribution in [2.24, 2.45) is 0 Å². The van der Waals surface area contributed by atoms with Crippen LogP contribution in [0.5, 0.6) is 5.75 Å². The Bertz CT molecular complexity index is 604. The van der Waals surface area contributed by atoms with Gasteiger partial charge in [0.15, 0.2) is 0 Å². The average Bonchev–Trinajstić information content (AvgIpc) is 2.59. The summed E-state index contributed by atoms with van der Waals surface area (Å²) in [4.78, 5) is 3.39. The quantitative estimate of drug-likeness (QED) is 0.794. The van der Waals surface area contributed by atoms with Gasteiger partial charge in [-0.05, 0) is 36.4 Å². The smallest absolute Gasteiger partial charge is 0.127 e. The molecular formula is C19H25BrN2O+2. The third-order valence-corrected chi connectivity index (χ3v) is 5.17. The van der Waals surface area contributed by atoms with E-state index in [4.69, 9.17) is 4.74 Å². The number of methoxy groups -OCH3 is 1. The fourth-order valence-corrected chi connectivity index (χ4v) is 3.50. The fraction of sp³-hybridized carbons (Fsp3) is 0.368. The Balaban J connectivity index is 1.47. The van der Waals surface area contributed by atoms with Crippen molar-refractivity contribution in [3.8, 4) is 5.75 Å². The van der Waals surface area contributed by atoms with Gasteiger partial charge in [0.2, 0.25) is 0 Å². The van der Waals surface area contributed by atoms with Crippen LogP contribution in [0.25, 0.3) is 0 Å². The maximum atomic E-state index is 5.22. The Kier molecular flexibility index (Phi) is 5.70. The summed E-state index contributed by atoms with van der Waals surface area (Å²) in [6.45, 7) is 7.26. The van der Waals surface area contributed by atoms with E-state index in [-0.39, 0.29) is 0 Å². The summed E-state index contributed by atoms with van der Waals surface area (Å²) in [5.74, 6) is 0.938. The van der Waals surface area contributed by atoms with E-state index in [1.165, 1.54) is 37.3 Å². The molecule has 122 valence electrons. The largest absolute Gasteiger partial charge is 0.497 e. The number of hydrogen-bond acceptors (Lipinski definition) is 1. The molecule has 0 radical (unpaired) electrons. The molecule has 1 fully saturated rings. The van der Waals surface area contributed by atoms with E-state index in [1.807, 2.05) is 0 Å². The standard InChI is InChI=1S/C19H23BrN2O/c1-23-19-8-4-17(5-9-19)15-22-12-10-21(11-13-22)14-16-2-6-18(20)7-3-16/h2-9H,10-15H2,1H3/p+2. The molecule has 3 nitrogen and oxygen atoms in total. The summed E-state index contributed by atoms with van der Waals surface area (Å²) in [6, 6.07) is 17.2. The highest BCUT2D eigenvalue weighted by molar-refractivity contribution is 9.10. The molecule has 1 aliphatic rings. The predicted molar refractivity (Wildman–Crippen MR) is 95.9 cm³/mol. The predicted octanol–water partition coefficient (Wildman–Crippen LogP) is 0.941. The van der Waals surface area contributed by atoms with Crippen molar-refractivity contribution in [3.63, 3.8) is 0 Å². The van der Waals surface area contributed by atoms with Crippen LogP contribution < -0.4 is 14.5 Å². The van der Waals surface area contributed by atoms with Gasteiger partial charge in [-0.2, -0.15) is 0 Å². The second kappa shape index (κ2) is 7.95. The van der Waals surface area contributed by atoms with Gasteiger partial charge in [0, 0.05) is 15.6 Å². The summed E-state index contributed by atoms with van der Waals surface area (Å²) in [5.41, 5.74) is 2.83. The molecule has 4 heteroatoms. The Hall–Kier alpha value is -1.36. The summed E-state index contributed by atoms with van der Waals surface area (Å²) < 4.78 is 6.38. The average molecular weight is 377 g/mol. The highest BCUT2D eigenvalue weighted by Gasteiger charge is 2.23. The van der Waals surface area contributed by atoms with Crippen molar-refractivity contribution in [3.05, 3.63) is 64.1 Å². The lowest BCUT2D eigenvalue weighted by molar-refractivity contribution is -1.02. The molecule has 0 aromatic heterocycles. The van der Waals surface area contributed by atoms with Gasteiger partial charge in [0.25, 0.3) is 0 Å². The van der Waals surface area contributed by atoms with Crippen LogP contribution in [0.4, 0.5) is 0 Å². The van der Waals surface area contributed by atoms with Gasteiger partial charge < -0.3 is 14.5 Å². The molecule has 0 unspecified atom stereocenters. The van der Waals surface area contributed by atoms with Gasteiger partial charge in [0.05, 0.1) is 7.11 Å². The zero-order chi connectivity index (χ0) is 16.1. The van der Waals surface area contributed by atoms with Crippen molar-refractivity contribution in [2.75, 3.05) is 33.3 Å². The number of nitrogens with one attached hydrogen (secondary N) is 2. The highest BCUT2D eigenvalue weighted by Crippen LogP contribution is 2.10. The minimum atomic E-state index is 0.938. The van der Waals surface area contributed by atoms with Gasteiger partial charge in [-0.1, -0.05) is 28.1 Å². The molecule has 1 heterocycles. The Morgan fingerprint density at radius 2 is 1.22 bits per heavy atom. The van der Waals surface area contributed by atoms with Crippen molar-refractivity contribution < 1.29 is 14.5 Å². The summed E-state index contributed by atoms with van der Waals surface area (Å²) >= 11 is 3.50. The van der Waals surface area contributed by atoms with E-state index in [9.17, 15) is 0 Å². The number of hydrogen-bond donors (Lipinski definition) is 2. The number of halogens is 1. The molecule has 2 aromatic carbocycles. The Morgan fingerprint density at radius 3 is 1.65 bits per heavy atom. The first-order valence-corrected chi connectivity index (χ1v) is 9.07. The Morgan fingerprint density at radius 1 is 0.783 bits per heavy atom. The number of quaternary nitrogens is 2. The van der Waals surface area contributed by atoms with Gasteiger partial charge in [0.1, 0.15) is 45.0 Å². The minimum Gasteiger partial charge on any atom is -0.497 e. The molecule has 0 bridgehead atoms. The van der Waals surface area contributed by atoms with Crippen LogP contribution in [0.2, 0.25) is 0 Å². The molecule has 0 amide bonds. The first-order chi connectivity index (χ1) is 11.2. The lowest BCUT2D eigenvalue weighted by Gasteiger charge is -2.29. The molecular weight excluding hydrogens is 352 g/mol. The van der Waals surface area contributed by atoms with E-state index in [1.54, 1.807) is 16.9 Å².